The van der Waals surface area contributed by atoms with E-state index in [1.54, 1.807) is 5.57 Å². The minimum absolute atomic E-state index is 0.960. The van der Waals surface area contributed by atoms with Crippen molar-refractivity contribution in [1.82, 2.24) is 0 Å². The van der Waals surface area contributed by atoms with Gasteiger partial charge in [0.2, 0.25) is 0 Å². The zero-order chi connectivity index (χ0) is 9.80. The summed E-state index contributed by atoms with van der Waals surface area (Å²) >= 11 is 0. The van der Waals surface area contributed by atoms with Crippen LogP contribution in [0.25, 0.3) is 0 Å². The van der Waals surface area contributed by atoms with E-state index in [2.05, 4.69) is 13.0 Å². The van der Waals surface area contributed by atoms with Crippen LogP contribution < -0.4 is 0 Å². The molecule has 0 aromatic heterocycles. The van der Waals surface area contributed by atoms with Gasteiger partial charge in [-0.25, -0.2) is 0 Å². The van der Waals surface area contributed by atoms with E-state index in [9.17, 15) is 0 Å². The van der Waals surface area contributed by atoms with Gasteiger partial charge in [-0.3, -0.25) is 0 Å². The third kappa shape index (κ3) is 2.62. The molecule has 80 valence electrons. The molecule has 2 aliphatic rings. The molecule has 0 aliphatic heterocycles. The Hall–Kier alpha value is -0.260. The molecule has 0 spiro atoms. The molecule has 0 aromatic carbocycles. The third-order valence-corrected chi connectivity index (χ3v) is 4.17. The SMILES string of the molecule is CC(CC1=CCCCC1)C1CCCC1. The van der Waals surface area contributed by atoms with E-state index in [4.69, 9.17) is 0 Å². The molecule has 0 radical (unpaired) electrons. The van der Waals surface area contributed by atoms with Gasteiger partial charge in [-0.2, -0.15) is 0 Å². The summed E-state index contributed by atoms with van der Waals surface area (Å²) in [6.45, 7) is 2.48. The highest BCUT2D eigenvalue weighted by atomic mass is 14.3. The summed E-state index contributed by atoms with van der Waals surface area (Å²) in [5.41, 5.74) is 1.77. The first-order valence-electron chi connectivity index (χ1n) is 6.54. The van der Waals surface area contributed by atoms with Crippen LogP contribution in [0.15, 0.2) is 11.6 Å². The molecule has 2 aliphatic carbocycles. The largest absolute Gasteiger partial charge is 0.0853 e. The fourth-order valence-corrected chi connectivity index (χ4v) is 3.20. The molecule has 0 heteroatoms. The highest BCUT2D eigenvalue weighted by Crippen LogP contribution is 2.35. The number of hydrogen-bond acceptors (Lipinski definition) is 0. The lowest BCUT2D eigenvalue weighted by molar-refractivity contribution is 0.359. The van der Waals surface area contributed by atoms with E-state index >= 15 is 0 Å². The summed E-state index contributed by atoms with van der Waals surface area (Å²) in [4.78, 5) is 0. The second kappa shape index (κ2) is 5.00. The smallest absolute Gasteiger partial charge is 0.0292 e. The summed E-state index contributed by atoms with van der Waals surface area (Å²) in [6, 6.07) is 0. The molecule has 0 bridgehead atoms. The van der Waals surface area contributed by atoms with Crippen molar-refractivity contribution >= 4 is 0 Å². The van der Waals surface area contributed by atoms with Crippen molar-refractivity contribution in [1.29, 1.82) is 0 Å². The Morgan fingerprint density at radius 2 is 2.00 bits per heavy atom. The van der Waals surface area contributed by atoms with Crippen molar-refractivity contribution in [2.75, 3.05) is 0 Å². The highest BCUT2D eigenvalue weighted by molar-refractivity contribution is 5.06. The van der Waals surface area contributed by atoms with Crippen molar-refractivity contribution in [3.8, 4) is 0 Å². The Kier molecular flexibility index (Phi) is 3.67. The monoisotopic (exact) mass is 192 g/mol. The van der Waals surface area contributed by atoms with Gasteiger partial charge in [0.15, 0.2) is 0 Å². The molecule has 0 amide bonds. The van der Waals surface area contributed by atoms with Gasteiger partial charge < -0.3 is 0 Å². The summed E-state index contributed by atoms with van der Waals surface area (Å²) < 4.78 is 0. The van der Waals surface area contributed by atoms with E-state index in [-0.39, 0.29) is 0 Å². The highest BCUT2D eigenvalue weighted by Gasteiger charge is 2.22. The van der Waals surface area contributed by atoms with Crippen LogP contribution in [0.1, 0.15) is 64.7 Å². The first-order valence-corrected chi connectivity index (χ1v) is 6.54. The summed E-state index contributed by atoms with van der Waals surface area (Å²) in [5.74, 6) is 2.01. The second-order valence-corrected chi connectivity index (χ2v) is 5.33. The van der Waals surface area contributed by atoms with Gasteiger partial charge in [-0.05, 0) is 43.9 Å². The molecular weight excluding hydrogens is 168 g/mol. The normalized spacial score (nSPS) is 26.2. The average Bonchev–Trinajstić information content (AvgIpc) is 2.72. The van der Waals surface area contributed by atoms with Gasteiger partial charge in [-0.15, -0.1) is 0 Å². The molecular formula is C14H24. The first kappa shape index (κ1) is 10.3. The number of hydrogen-bond donors (Lipinski definition) is 0. The average molecular weight is 192 g/mol. The predicted octanol–water partition coefficient (Wildman–Crippen LogP) is 4.70. The lowest BCUT2D eigenvalue weighted by Crippen LogP contribution is -2.09. The molecule has 1 fully saturated rings. The van der Waals surface area contributed by atoms with Crippen LogP contribution in [-0.4, -0.2) is 0 Å². The Morgan fingerprint density at radius 1 is 1.21 bits per heavy atom. The maximum absolute atomic E-state index is 2.52. The lowest BCUT2D eigenvalue weighted by atomic mass is 9.84. The fraction of sp³-hybridized carbons (Fsp3) is 0.857. The summed E-state index contributed by atoms with van der Waals surface area (Å²) in [7, 11) is 0. The van der Waals surface area contributed by atoms with Gasteiger partial charge in [0.1, 0.15) is 0 Å². The first-order chi connectivity index (χ1) is 6.86. The quantitative estimate of drug-likeness (QED) is 0.568. The summed E-state index contributed by atoms with van der Waals surface area (Å²) in [5, 5.41) is 0. The van der Waals surface area contributed by atoms with E-state index in [1.165, 1.54) is 57.8 Å². The minimum Gasteiger partial charge on any atom is -0.0853 e. The molecule has 0 N–H and O–H groups in total. The molecule has 0 nitrogen and oxygen atoms in total. The van der Waals surface area contributed by atoms with Gasteiger partial charge in [0.25, 0.3) is 0 Å². The van der Waals surface area contributed by atoms with Crippen molar-refractivity contribution in [2.45, 2.75) is 64.7 Å². The van der Waals surface area contributed by atoms with Gasteiger partial charge in [-0.1, -0.05) is 44.3 Å². The van der Waals surface area contributed by atoms with Crippen LogP contribution in [0.2, 0.25) is 0 Å². The van der Waals surface area contributed by atoms with E-state index < -0.39 is 0 Å². The predicted molar refractivity (Wildman–Crippen MR) is 62.3 cm³/mol. The van der Waals surface area contributed by atoms with Crippen LogP contribution in [0.4, 0.5) is 0 Å². The van der Waals surface area contributed by atoms with Crippen LogP contribution >= 0.6 is 0 Å². The van der Waals surface area contributed by atoms with Crippen molar-refractivity contribution in [3.63, 3.8) is 0 Å². The molecule has 0 heterocycles. The number of rotatable bonds is 3. The van der Waals surface area contributed by atoms with Crippen molar-refractivity contribution in [3.05, 3.63) is 11.6 Å². The minimum atomic E-state index is 0.960. The van der Waals surface area contributed by atoms with Crippen molar-refractivity contribution < 1.29 is 0 Å². The maximum atomic E-state index is 2.52. The zero-order valence-corrected chi connectivity index (χ0v) is 9.60. The summed E-state index contributed by atoms with van der Waals surface area (Å²) in [6.07, 6.45) is 15.6. The Morgan fingerprint density at radius 3 is 2.64 bits per heavy atom. The molecule has 14 heavy (non-hydrogen) atoms. The standard InChI is InChI=1S/C14H24/c1-12(14-9-5-6-10-14)11-13-7-3-2-4-8-13/h7,12,14H,2-6,8-11H2,1H3. The zero-order valence-electron chi connectivity index (χ0n) is 9.60. The van der Waals surface area contributed by atoms with Crippen LogP contribution in [-0.2, 0) is 0 Å². The maximum Gasteiger partial charge on any atom is -0.0292 e. The molecule has 1 atom stereocenters. The van der Waals surface area contributed by atoms with Crippen LogP contribution in [0.3, 0.4) is 0 Å². The molecule has 0 saturated heterocycles. The topological polar surface area (TPSA) is 0 Å². The fourth-order valence-electron chi connectivity index (χ4n) is 3.20. The van der Waals surface area contributed by atoms with Crippen molar-refractivity contribution in [2.24, 2.45) is 11.8 Å². The van der Waals surface area contributed by atoms with E-state index in [0.29, 0.717) is 0 Å². The van der Waals surface area contributed by atoms with Gasteiger partial charge in [0, 0.05) is 0 Å². The second-order valence-electron chi connectivity index (χ2n) is 5.33. The molecule has 2 rings (SSSR count). The lowest BCUT2D eigenvalue weighted by Gasteiger charge is -2.22. The van der Waals surface area contributed by atoms with Gasteiger partial charge in [0.05, 0.1) is 0 Å². The number of allylic oxidation sites excluding steroid dienone is 2. The third-order valence-electron chi connectivity index (χ3n) is 4.17. The van der Waals surface area contributed by atoms with E-state index in [0.717, 1.165) is 11.8 Å². The molecule has 0 aromatic rings. The van der Waals surface area contributed by atoms with Crippen LogP contribution in [0.5, 0.6) is 0 Å². The Labute approximate surface area is 88.8 Å². The Balaban J connectivity index is 1.80. The van der Waals surface area contributed by atoms with E-state index in [1.807, 2.05) is 0 Å². The molecule has 1 saturated carbocycles. The van der Waals surface area contributed by atoms with Gasteiger partial charge >= 0.3 is 0 Å². The molecule has 1 unspecified atom stereocenters. The van der Waals surface area contributed by atoms with Crippen LogP contribution in [0, 0.1) is 11.8 Å². The Bertz CT molecular complexity index is 196.